The Morgan fingerprint density at radius 3 is 2.44 bits per heavy atom. The Balaban J connectivity index is 1.68. The number of nitrogens with zero attached hydrogens (tertiary/aromatic N) is 2. The van der Waals surface area contributed by atoms with Crippen molar-refractivity contribution in [1.82, 2.24) is 9.21 Å². The molecule has 2 aliphatic heterocycles. The number of rotatable bonds is 5. The maximum absolute atomic E-state index is 12.9. The van der Waals surface area contributed by atoms with Crippen LogP contribution >= 0.6 is 0 Å². The summed E-state index contributed by atoms with van der Waals surface area (Å²) in [6.07, 6.45) is 1.29. The molecule has 1 saturated heterocycles. The molecule has 0 aromatic heterocycles. The highest BCUT2D eigenvalue weighted by molar-refractivity contribution is 7.89. The van der Waals surface area contributed by atoms with Crippen LogP contribution in [-0.2, 0) is 14.8 Å². The van der Waals surface area contributed by atoms with E-state index in [1.807, 2.05) is 0 Å². The van der Waals surface area contributed by atoms with E-state index in [4.69, 9.17) is 9.47 Å². The number of carbonyl (C=O) groups excluding carboxylic acids is 1. The van der Waals surface area contributed by atoms with Gasteiger partial charge < -0.3 is 14.4 Å². The van der Waals surface area contributed by atoms with E-state index in [1.54, 1.807) is 25.1 Å². The minimum absolute atomic E-state index is 0.155. The number of fused-ring (bicyclic) bond motifs is 1. The Kier molecular flexibility index (Phi) is 5.61. The first kappa shape index (κ1) is 18.2. The summed E-state index contributed by atoms with van der Waals surface area (Å²) in [4.78, 5) is 13.4. The Labute approximate surface area is 148 Å². The molecule has 0 radical (unpaired) electrons. The topological polar surface area (TPSA) is 76.2 Å². The maximum atomic E-state index is 12.9. The fourth-order valence-corrected chi connectivity index (χ4v) is 4.40. The van der Waals surface area contributed by atoms with Crippen molar-refractivity contribution >= 4 is 15.8 Å². The molecular weight excluding hydrogens is 344 g/mol. The minimum atomic E-state index is -3.56. The summed E-state index contributed by atoms with van der Waals surface area (Å²) in [5.74, 6) is 1.23. The van der Waals surface area contributed by atoms with Crippen LogP contribution in [0.15, 0.2) is 23.1 Å². The van der Waals surface area contributed by atoms with Crippen molar-refractivity contribution in [3.05, 3.63) is 18.2 Å². The summed E-state index contributed by atoms with van der Waals surface area (Å²) in [6.45, 7) is 5.47. The first-order chi connectivity index (χ1) is 12.0. The second-order valence-corrected chi connectivity index (χ2v) is 8.29. The van der Waals surface area contributed by atoms with Gasteiger partial charge in [-0.05, 0) is 19.1 Å². The molecule has 8 heteroatoms. The van der Waals surface area contributed by atoms with E-state index in [1.165, 1.54) is 4.31 Å². The van der Waals surface area contributed by atoms with E-state index < -0.39 is 10.0 Å². The Morgan fingerprint density at radius 1 is 1.08 bits per heavy atom. The lowest BCUT2D eigenvalue weighted by atomic mass is 10.2. The number of ether oxygens (including phenoxy) is 2. The van der Waals surface area contributed by atoms with E-state index in [9.17, 15) is 13.2 Å². The minimum Gasteiger partial charge on any atom is -0.490 e. The van der Waals surface area contributed by atoms with Crippen LogP contribution in [0.5, 0.6) is 11.5 Å². The van der Waals surface area contributed by atoms with Crippen molar-refractivity contribution in [1.29, 1.82) is 0 Å². The molecule has 0 saturated carbocycles. The number of sulfonamides is 1. The number of hydrogen-bond acceptors (Lipinski definition) is 6. The predicted molar refractivity (Wildman–Crippen MR) is 92.5 cm³/mol. The van der Waals surface area contributed by atoms with Crippen molar-refractivity contribution in [2.45, 2.75) is 24.7 Å². The lowest BCUT2D eigenvalue weighted by Crippen LogP contribution is -2.48. The van der Waals surface area contributed by atoms with Gasteiger partial charge in [0.15, 0.2) is 11.5 Å². The molecule has 3 rings (SSSR count). The van der Waals surface area contributed by atoms with Crippen LogP contribution in [0.25, 0.3) is 0 Å². The lowest BCUT2D eigenvalue weighted by Gasteiger charge is -2.33. The monoisotopic (exact) mass is 368 g/mol. The standard InChI is InChI=1S/C17H24N2O5S/c1-14(20)5-6-18-7-9-19(10-8-18)25(21,22)15-3-4-16-17(13-15)24-12-2-11-23-16/h3-4,13H,2,5-12H2,1H3. The Morgan fingerprint density at radius 2 is 1.76 bits per heavy atom. The molecule has 0 aliphatic carbocycles. The molecule has 0 bridgehead atoms. The van der Waals surface area contributed by atoms with Crippen LogP contribution in [-0.4, -0.2) is 69.3 Å². The zero-order valence-corrected chi connectivity index (χ0v) is 15.3. The van der Waals surface area contributed by atoms with E-state index in [2.05, 4.69) is 4.90 Å². The molecule has 1 aromatic carbocycles. The molecule has 1 fully saturated rings. The molecule has 2 heterocycles. The smallest absolute Gasteiger partial charge is 0.243 e. The van der Waals surface area contributed by atoms with Crippen molar-refractivity contribution < 1.29 is 22.7 Å². The van der Waals surface area contributed by atoms with Gasteiger partial charge in [0.05, 0.1) is 18.1 Å². The van der Waals surface area contributed by atoms with E-state index in [0.29, 0.717) is 63.9 Å². The fourth-order valence-electron chi connectivity index (χ4n) is 2.96. The highest BCUT2D eigenvalue weighted by Gasteiger charge is 2.29. The van der Waals surface area contributed by atoms with Crippen LogP contribution in [0.3, 0.4) is 0 Å². The Hall–Kier alpha value is -1.64. The first-order valence-electron chi connectivity index (χ1n) is 8.58. The summed E-state index contributed by atoms with van der Waals surface area (Å²) in [5, 5.41) is 0. The van der Waals surface area contributed by atoms with Gasteiger partial charge in [0.25, 0.3) is 0 Å². The fraction of sp³-hybridized carbons (Fsp3) is 0.588. The summed E-state index contributed by atoms with van der Waals surface area (Å²) in [7, 11) is -3.56. The number of Topliss-reactive ketones (excluding diaryl/α,β-unsaturated/α-hetero) is 1. The molecule has 7 nitrogen and oxygen atoms in total. The van der Waals surface area contributed by atoms with Gasteiger partial charge in [0, 0.05) is 51.6 Å². The van der Waals surface area contributed by atoms with Gasteiger partial charge in [-0.2, -0.15) is 4.31 Å². The molecule has 2 aliphatic rings. The average molecular weight is 368 g/mol. The van der Waals surface area contributed by atoms with Crippen LogP contribution < -0.4 is 9.47 Å². The SMILES string of the molecule is CC(=O)CCN1CCN(S(=O)(=O)c2ccc3c(c2)OCCCO3)CC1. The molecule has 0 amide bonds. The molecule has 0 unspecified atom stereocenters. The van der Waals surface area contributed by atoms with Gasteiger partial charge in [0.2, 0.25) is 10.0 Å². The van der Waals surface area contributed by atoms with Crippen LogP contribution in [0.1, 0.15) is 19.8 Å². The van der Waals surface area contributed by atoms with Gasteiger partial charge in [-0.3, -0.25) is 4.79 Å². The van der Waals surface area contributed by atoms with Crippen molar-refractivity contribution in [3.63, 3.8) is 0 Å². The number of carbonyl (C=O) groups is 1. The third-order valence-corrected chi connectivity index (χ3v) is 6.36. The van der Waals surface area contributed by atoms with Crippen LogP contribution in [0.2, 0.25) is 0 Å². The summed E-state index contributed by atoms with van der Waals surface area (Å²) in [5.41, 5.74) is 0. The molecule has 0 atom stereocenters. The first-order valence-corrected chi connectivity index (χ1v) is 10.0. The highest BCUT2D eigenvalue weighted by atomic mass is 32.2. The van der Waals surface area contributed by atoms with Gasteiger partial charge in [-0.1, -0.05) is 0 Å². The molecule has 0 spiro atoms. The second kappa shape index (κ2) is 7.72. The van der Waals surface area contributed by atoms with Crippen LogP contribution in [0, 0.1) is 0 Å². The predicted octanol–water partition coefficient (Wildman–Crippen LogP) is 1.13. The van der Waals surface area contributed by atoms with Crippen LogP contribution in [0.4, 0.5) is 0 Å². The maximum Gasteiger partial charge on any atom is 0.243 e. The van der Waals surface area contributed by atoms with Crippen molar-refractivity contribution in [2.24, 2.45) is 0 Å². The highest BCUT2D eigenvalue weighted by Crippen LogP contribution is 2.33. The summed E-state index contributed by atoms with van der Waals surface area (Å²) >= 11 is 0. The van der Waals surface area contributed by atoms with E-state index >= 15 is 0 Å². The number of ketones is 1. The summed E-state index contributed by atoms with van der Waals surface area (Å²) in [6, 6.07) is 4.79. The van der Waals surface area contributed by atoms with E-state index in [-0.39, 0.29) is 10.7 Å². The number of piperazine rings is 1. The van der Waals surface area contributed by atoms with Gasteiger partial charge in [-0.25, -0.2) is 8.42 Å². The normalized spacial score (nSPS) is 19.4. The average Bonchev–Trinajstić information content (AvgIpc) is 2.85. The van der Waals surface area contributed by atoms with Gasteiger partial charge in [0.1, 0.15) is 5.78 Å². The zero-order valence-electron chi connectivity index (χ0n) is 14.4. The van der Waals surface area contributed by atoms with Gasteiger partial charge >= 0.3 is 0 Å². The largest absolute Gasteiger partial charge is 0.490 e. The van der Waals surface area contributed by atoms with E-state index in [0.717, 1.165) is 6.42 Å². The quantitative estimate of drug-likeness (QED) is 0.776. The third kappa shape index (κ3) is 4.31. The molecule has 1 aromatic rings. The molecule has 25 heavy (non-hydrogen) atoms. The Bertz CT molecular complexity index is 727. The number of benzene rings is 1. The molecule has 0 N–H and O–H groups in total. The third-order valence-electron chi connectivity index (χ3n) is 4.47. The zero-order chi connectivity index (χ0) is 17.9. The van der Waals surface area contributed by atoms with Crippen molar-refractivity contribution in [3.8, 4) is 11.5 Å². The molecule has 138 valence electrons. The second-order valence-electron chi connectivity index (χ2n) is 6.36. The van der Waals surface area contributed by atoms with Crippen molar-refractivity contribution in [2.75, 3.05) is 45.9 Å². The molecular formula is C17H24N2O5S. The summed E-state index contributed by atoms with van der Waals surface area (Å²) < 4.78 is 38.4. The lowest BCUT2D eigenvalue weighted by molar-refractivity contribution is -0.117. The van der Waals surface area contributed by atoms with Gasteiger partial charge in [-0.15, -0.1) is 0 Å². The number of hydrogen-bond donors (Lipinski definition) is 0.